The minimum absolute atomic E-state index is 0.450. The molecular formula is C19H16ClNO3. The highest BCUT2D eigenvalue weighted by Gasteiger charge is 2.07. The standard InChI is InChI=1S/C19H16ClNO3/c1-12-3-6-15(11-18(12)20)21-19(22)24-17-8-5-13-4-7-16(23-2)9-14(13)10-17/h3-11H,1-2H3,(H,21,22). The zero-order valence-electron chi connectivity index (χ0n) is 13.3. The van der Waals surface area contributed by atoms with Crippen LogP contribution >= 0.6 is 11.6 Å². The second kappa shape index (κ2) is 6.81. The number of aryl methyl sites for hydroxylation is 1. The van der Waals surface area contributed by atoms with Crippen LogP contribution in [0.2, 0.25) is 5.02 Å². The number of halogens is 1. The van der Waals surface area contributed by atoms with E-state index < -0.39 is 6.09 Å². The summed E-state index contributed by atoms with van der Waals surface area (Å²) >= 11 is 6.05. The van der Waals surface area contributed by atoms with Crippen LogP contribution in [-0.2, 0) is 0 Å². The number of rotatable bonds is 3. The Labute approximate surface area is 145 Å². The average molecular weight is 342 g/mol. The quantitative estimate of drug-likeness (QED) is 0.691. The van der Waals surface area contributed by atoms with E-state index in [2.05, 4.69) is 5.32 Å². The van der Waals surface area contributed by atoms with Gasteiger partial charge in [-0.15, -0.1) is 0 Å². The fourth-order valence-electron chi connectivity index (χ4n) is 2.31. The van der Waals surface area contributed by atoms with E-state index in [1.165, 1.54) is 0 Å². The lowest BCUT2D eigenvalue weighted by Gasteiger charge is -2.09. The average Bonchev–Trinajstić information content (AvgIpc) is 2.57. The van der Waals surface area contributed by atoms with E-state index in [4.69, 9.17) is 21.1 Å². The maximum absolute atomic E-state index is 12.0. The maximum Gasteiger partial charge on any atom is 0.417 e. The largest absolute Gasteiger partial charge is 0.497 e. The van der Waals surface area contributed by atoms with Crippen LogP contribution in [0, 0.1) is 6.92 Å². The third-order valence-corrected chi connectivity index (χ3v) is 4.05. The van der Waals surface area contributed by atoms with Crippen molar-refractivity contribution in [1.29, 1.82) is 0 Å². The van der Waals surface area contributed by atoms with Crippen LogP contribution in [0.4, 0.5) is 10.5 Å². The number of carbonyl (C=O) groups excluding carboxylic acids is 1. The smallest absolute Gasteiger partial charge is 0.417 e. The van der Waals surface area contributed by atoms with Crippen molar-refractivity contribution in [3.63, 3.8) is 0 Å². The van der Waals surface area contributed by atoms with Crippen LogP contribution in [0.15, 0.2) is 54.6 Å². The summed E-state index contributed by atoms with van der Waals surface area (Å²) in [6.07, 6.45) is -0.572. The molecule has 1 N–H and O–H groups in total. The van der Waals surface area contributed by atoms with Gasteiger partial charge in [0, 0.05) is 10.7 Å². The summed E-state index contributed by atoms with van der Waals surface area (Å²) in [4.78, 5) is 12.0. The lowest BCUT2D eigenvalue weighted by atomic mass is 10.1. The van der Waals surface area contributed by atoms with Gasteiger partial charge in [0.2, 0.25) is 0 Å². The molecule has 0 saturated heterocycles. The molecule has 0 atom stereocenters. The van der Waals surface area contributed by atoms with E-state index in [-0.39, 0.29) is 0 Å². The van der Waals surface area contributed by atoms with Gasteiger partial charge in [-0.25, -0.2) is 4.79 Å². The molecule has 0 aliphatic rings. The van der Waals surface area contributed by atoms with E-state index in [1.807, 2.05) is 37.3 Å². The number of fused-ring (bicyclic) bond motifs is 1. The molecule has 0 heterocycles. The van der Waals surface area contributed by atoms with Crippen molar-refractivity contribution in [2.45, 2.75) is 6.92 Å². The summed E-state index contributed by atoms with van der Waals surface area (Å²) < 4.78 is 10.5. The molecule has 0 unspecified atom stereocenters. The van der Waals surface area contributed by atoms with Gasteiger partial charge in [0.1, 0.15) is 11.5 Å². The fraction of sp³-hybridized carbons (Fsp3) is 0.105. The molecule has 4 nitrogen and oxygen atoms in total. The molecule has 122 valence electrons. The Morgan fingerprint density at radius 3 is 2.38 bits per heavy atom. The topological polar surface area (TPSA) is 47.6 Å². The summed E-state index contributed by atoms with van der Waals surface area (Å²) in [7, 11) is 1.61. The predicted octanol–water partition coefficient (Wildman–Crippen LogP) is 5.42. The first-order valence-electron chi connectivity index (χ1n) is 7.38. The van der Waals surface area contributed by atoms with Gasteiger partial charge in [-0.05, 0) is 59.7 Å². The number of methoxy groups -OCH3 is 1. The van der Waals surface area contributed by atoms with E-state index in [0.717, 1.165) is 22.1 Å². The van der Waals surface area contributed by atoms with E-state index in [0.29, 0.717) is 16.5 Å². The van der Waals surface area contributed by atoms with Gasteiger partial charge in [0.25, 0.3) is 0 Å². The van der Waals surface area contributed by atoms with E-state index in [1.54, 1.807) is 31.4 Å². The van der Waals surface area contributed by atoms with Gasteiger partial charge < -0.3 is 9.47 Å². The minimum Gasteiger partial charge on any atom is -0.497 e. The summed E-state index contributed by atoms with van der Waals surface area (Å²) in [6.45, 7) is 1.90. The molecule has 0 radical (unpaired) electrons. The van der Waals surface area contributed by atoms with Crippen molar-refractivity contribution in [1.82, 2.24) is 0 Å². The molecule has 0 aromatic heterocycles. The van der Waals surface area contributed by atoms with Gasteiger partial charge in [-0.3, -0.25) is 5.32 Å². The first kappa shape index (κ1) is 16.1. The third kappa shape index (κ3) is 3.60. The second-order valence-corrected chi connectivity index (χ2v) is 5.76. The van der Waals surface area contributed by atoms with Crippen molar-refractivity contribution in [3.05, 3.63) is 65.2 Å². The molecular weight excluding hydrogens is 326 g/mol. The van der Waals surface area contributed by atoms with Crippen molar-refractivity contribution in [2.75, 3.05) is 12.4 Å². The first-order chi connectivity index (χ1) is 11.5. The highest BCUT2D eigenvalue weighted by atomic mass is 35.5. The van der Waals surface area contributed by atoms with Crippen LogP contribution in [0.5, 0.6) is 11.5 Å². The van der Waals surface area contributed by atoms with Crippen molar-refractivity contribution in [2.24, 2.45) is 0 Å². The number of hydrogen-bond donors (Lipinski definition) is 1. The third-order valence-electron chi connectivity index (χ3n) is 3.65. The Hall–Kier alpha value is -2.72. The summed E-state index contributed by atoms with van der Waals surface area (Å²) in [6, 6.07) is 16.4. The number of amides is 1. The van der Waals surface area contributed by atoms with Crippen LogP contribution in [0.25, 0.3) is 10.8 Å². The van der Waals surface area contributed by atoms with E-state index >= 15 is 0 Å². The molecule has 0 fully saturated rings. The first-order valence-corrected chi connectivity index (χ1v) is 7.76. The zero-order chi connectivity index (χ0) is 17.1. The molecule has 24 heavy (non-hydrogen) atoms. The highest BCUT2D eigenvalue weighted by molar-refractivity contribution is 6.31. The molecule has 1 amide bonds. The summed E-state index contributed by atoms with van der Waals surface area (Å²) in [5.74, 6) is 1.20. The SMILES string of the molecule is COc1ccc2ccc(OC(=O)Nc3ccc(C)c(Cl)c3)cc2c1. The number of nitrogens with one attached hydrogen (secondary N) is 1. The monoisotopic (exact) mass is 341 g/mol. The van der Waals surface area contributed by atoms with Crippen molar-refractivity contribution >= 4 is 34.2 Å². The van der Waals surface area contributed by atoms with Crippen LogP contribution in [0.3, 0.4) is 0 Å². The number of hydrogen-bond acceptors (Lipinski definition) is 3. The molecule has 0 aliphatic heterocycles. The van der Waals surface area contributed by atoms with Gasteiger partial charge in [-0.1, -0.05) is 29.8 Å². The molecule has 3 aromatic rings. The number of benzene rings is 3. The number of carbonyl (C=O) groups is 1. The Morgan fingerprint density at radius 2 is 1.67 bits per heavy atom. The lowest BCUT2D eigenvalue weighted by Crippen LogP contribution is -2.16. The number of anilines is 1. The minimum atomic E-state index is -0.572. The zero-order valence-corrected chi connectivity index (χ0v) is 14.1. The summed E-state index contributed by atoms with van der Waals surface area (Å²) in [5, 5.41) is 5.21. The van der Waals surface area contributed by atoms with Gasteiger partial charge in [0.15, 0.2) is 0 Å². The van der Waals surface area contributed by atoms with Crippen molar-refractivity contribution in [3.8, 4) is 11.5 Å². The van der Waals surface area contributed by atoms with Crippen molar-refractivity contribution < 1.29 is 14.3 Å². The van der Waals surface area contributed by atoms with Crippen LogP contribution in [0.1, 0.15) is 5.56 Å². The molecule has 0 spiro atoms. The lowest BCUT2D eigenvalue weighted by molar-refractivity contribution is 0.215. The summed E-state index contributed by atoms with van der Waals surface area (Å²) in [5.41, 5.74) is 1.53. The molecule has 3 aromatic carbocycles. The Morgan fingerprint density at radius 1 is 0.958 bits per heavy atom. The second-order valence-electron chi connectivity index (χ2n) is 5.35. The molecule has 0 bridgehead atoms. The molecule has 3 rings (SSSR count). The number of ether oxygens (including phenoxy) is 2. The molecule has 0 aliphatic carbocycles. The normalized spacial score (nSPS) is 10.5. The van der Waals surface area contributed by atoms with Gasteiger partial charge in [-0.2, -0.15) is 0 Å². The van der Waals surface area contributed by atoms with Crippen LogP contribution in [-0.4, -0.2) is 13.2 Å². The highest BCUT2D eigenvalue weighted by Crippen LogP contribution is 2.25. The maximum atomic E-state index is 12.0. The van der Waals surface area contributed by atoms with Gasteiger partial charge >= 0.3 is 6.09 Å². The fourth-order valence-corrected chi connectivity index (χ4v) is 2.49. The Bertz CT molecular complexity index is 908. The van der Waals surface area contributed by atoms with Gasteiger partial charge in [0.05, 0.1) is 7.11 Å². The predicted molar refractivity (Wildman–Crippen MR) is 96.3 cm³/mol. The molecule has 5 heteroatoms. The Balaban J connectivity index is 1.75. The Kier molecular flexibility index (Phi) is 4.58. The molecule has 0 saturated carbocycles. The van der Waals surface area contributed by atoms with Crippen LogP contribution < -0.4 is 14.8 Å². The van der Waals surface area contributed by atoms with E-state index in [9.17, 15) is 4.79 Å².